The smallest absolute Gasteiger partial charge is 0.280 e. The number of pyridine rings is 3. The Morgan fingerprint density at radius 1 is 1.02 bits per heavy atom. The first-order chi connectivity index (χ1) is 21.9. The van der Waals surface area contributed by atoms with Crippen LogP contribution in [0.2, 0.25) is 0 Å². The number of carbonyl (C=O) groups excluding carboxylic acids is 1. The average molecular weight is 611 g/mol. The highest BCUT2D eigenvalue weighted by atomic mass is 19.3. The van der Waals surface area contributed by atoms with Crippen molar-refractivity contribution in [2.45, 2.75) is 31.9 Å². The van der Waals surface area contributed by atoms with Crippen LogP contribution in [0.1, 0.15) is 36.7 Å². The van der Waals surface area contributed by atoms with Crippen LogP contribution in [0, 0.1) is 5.92 Å². The topological polar surface area (TPSA) is 110 Å². The van der Waals surface area contributed by atoms with Gasteiger partial charge in [0.2, 0.25) is 5.91 Å². The maximum Gasteiger partial charge on any atom is 0.280 e. The van der Waals surface area contributed by atoms with Crippen molar-refractivity contribution in [1.29, 1.82) is 0 Å². The fraction of sp³-hybridized carbons (Fsp3) is 0.303. The largest absolute Gasteiger partial charge is 0.495 e. The van der Waals surface area contributed by atoms with Crippen LogP contribution in [0.15, 0.2) is 67.3 Å². The van der Waals surface area contributed by atoms with Crippen LogP contribution in [0.4, 0.5) is 20.4 Å². The van der Waals surface area contributed by atoms with Gasteiger partial charge in [-0.3, -0.25) is 19.4 Å². The molecule has 2 aliphatic rings. The zero-order valence-corrected chi connectivity index (χ0v) is 24.9. The molecule has 230 valence electrons. The second-order valence-electron chi connectivity index (χ2n) is 11.4. The molecule has 1 saturated heterocycles. The van der Waals surface area contributed by atoms with Crippen molar-refractivity contribution in [3.05, 3.63) is 78.6 Å². The van der Waals surface area contributed by atoms with Crippen molar-refractivity contribution < 1.29 is 18.3 Å². The summed E-state index contributed by atoms with van der Waals surface area (Å²) in [4.78, 5) is 27.9. The third-order valence-electron chi connectivity index (χ3n) is 8.38. The number of anilines is 2. The van der Waals surface area contributed by atoms with E-state index < -0.39 is 6.43 Å². The van der Waals surface area contributed by atoms with Crippen molar-refractivity contribution in [2.75, 3.05) is 37.9 Å². The number of hydrogen-bond donors (Lipinski definition) is 2. The molecule has 5 heterocycles. The Bertz CT molecular complexity index is 1880. The van der Waals surface area contributed by atoms with Crippen LogP contribution in [0.25, 0.3) is 33.0 Å². The Labute approximate surface area is 258 Å². The number of benzene rings is 1. The van der Waals surface area contributed by atoms with E-state index in [2.05, 4.69) is 35.6 Å². The number of ether oxygens (including phenoxy) is 1. The van der Waals surface area contributed by atoms with E-state index in [0.717, 1.165) is 59.0 Å². The fourth-order valence-electron chi connectivity index (χ4n) is 5.84. The molecule has 10 nitrogen and oxygen atoms in total. The second kappa shape index (κ2) is 11.8. The molecular weight excluding hydrogens is 578 g/mol. The highest BCUT2D eigenvalue weighted by molar-refractivity contribution is 6.05. The number of likely N-dealkylation sites (tertiary alicyclic amines) is 1. The van der Waals surface area contributed by atoms with E-state index in [1.807, 2.05) is 48.4 Å². The van der Waals surface area contributed by atoms with Crippen LogP contribution in [-0.2, 0) is 11.3 Å². The minimum atomic E-state index is -2.58. The average Bonchev–Trinajstić information content (AvgIpc) is 3.79. The zero-order chi connectivity index (χ0) is 31.1. The predicted molar refractivity (Wildman–Crippen MR) is 167 cm³/mol. The molecule has 2 N–H and O–H groups in total. The van der Waals surface area contributed by atoms with E-state index >= 15 is 0 Å². The molecular formula is C33H32F2N8O2. The van der Waals surface area contributed by atoms with Crippen molar-refractivity contribution >= 4 is 28.3 Å². The summed E-state index contributed by atoms with van der Waals surface area (Å²) in [5.74, 6) is 1.92. The third kappa shape index (κ3) is 5.68. The van der Waals surface area contributed by atoms with Gasteiger partial charge in [0.25, 0.3) is 6.43 Å². The van der Waals surface area contributed by atoms with Gasteiger partial charge in [-0.25, -0.2) is 18.7 Å². The standard InChI is InChI=1S/C33H32F2N8O2/c1-36-32-27-14-37-29(41-33(44)19-9-10-19)11-25(27)26(13-38-32)24-7-4-6-23(30(24)45-2)20-12-39-43(15-20)22-17-42(18-22)16-21-5-3-8-28(40-21)31(34)35/h3-8,11-15,19,22,31H,9-10,16-18H2,1-2H3,(H,36,38)(H,37,41,44). The van der Waals surface area contributed by atoms with E-state index in [1.165, 1.54) is 6.07 Å². The molecule has 5 aromatic rings. The SMILES string of the molecule is CNc1ncc(-c2cccc(-c3cnn(C4CN(Cc5cccc(C(F)F)n5)C4)c3)c2OC)c2cc(NC(=O)C3CC3)ncc12. The maximum absolute atomic E-state index is 13.0. The number of methoxy groups -OCH3 is 1. The molecule has 2 fully saturated rings. The first-order valence-electron chi connectivity index (χ1n) is 14.9. The van der Waals surface area contributed by atoms with Crippen LogP contribution >= 0.6 is 0 Å². The van der Waals surface area contributed by atoms with Gasteiger partial charge in [0.05, 0.1) is 25.0 Å². The Morgan fingerprint density at radius 2 is 1.82 bits per heavy atom. The Hall–Kier alpha value is -4.97. The first kappa shape index (κ1) is 28.8. The van der Waals surface area contributed by atoms with Gasteiger partial charge in [-0.05, 0) is 31.0 Å². The molecule has 7 rings (SSSR count). The monoisotopic (exact) mass is 610 g/mol. The number of nitrogens with one attached hydrogen (secondary N) is 2. The van der Waals surface area contributed by atoms with E-state index in [0.29, 0.717) is 29.6 Å². The highest BCUT2D eigenvalue weighted by Gasteiger charge is 2.31. The highest BCUT2D eigenvalue weighted by Crippen LogP contribution is 2.42. The van der Waals surface area contributed by atoms with Gasteiger partial charge in [0.15, 0.2) is 0 Å². The molecule has 0 bridgehead atoms. The lowest BCUT2D eigenvalue weighted by atomic mass is 9.96. The third-order valence-corrected chi connectivity index (χ3v) is 8.38. The number of nitrogens with zero attached hydrogens (tertiary/aromatic N) is 6. The molecule has 12 heteroatoms. The summed E-state index contributed by atoms with van der Waals surface area (Å²) in [6.07, 6.45) is 6.61. The molecule has 45 heavy (non-hydrogen) atoms. The van der Waals surface area contributed by atoms with Gasteiger partial charge in [0.1, 0.15) is 23.1 Å². The van der Waals surface area contributed by atoms with Crippen molar-refractivity contribution in [2.24, 2.45) is 5.92 Å². The number of halogens is 2. The lowest BCUT2D eigenvalue weighted by Gasteiger charge is -2.39. The summed E-state index contributed by atoms with van der Waals surface area (Å²) >= 11 is 0. The molecule has 1 saturated carbocycles. The van der Waals surface area contributed by atoms with Gasteiger partial charge in [-0.2, -0.15) is 5.10 Å². The summed E-state index contributed by atoms with van der Waals surface area (Å²) in [7, 11) is 3.46. The number of amides is 1. The van der Waals surface area contributed by atoms with Gasteiger partial charge >= 0.3 is 0 Å². The van der Waals surface area contributed by atoms with Crippen LogP contribution < -0.4 is 15.4 Å². The van der Waals surface area contributed by atoms with Crippen molar-refractivity contribution in [1.82, 2.24) is 29.6 Å². The number of carbonyl (C=O) groups is 1. The Balaban J connectivity index is 1.15. The normalized spacial score (nSPS) is 15.3. The van der Waals surface area contributed by atoms with Crippen LogP contribution in [0.3, 0.4) is 0 Å². The zero-order valence-electron chi connectivity index (χ0n) is 24.9. The maximum atomic E-state index is 13.0. The number of aromatic nitrogens is 5. The predicted octanol–water partition coefficient (Wildman–Crippen LogP) is 5.95. The summed E-state index contributed by atoms with van der Waals surface area (Å²) in [6, 6.07) is 12.8. The lowest BCUT2D eigenvalue weighted by Crippen LogP contribution is -2.47. The molecule has 0 atom stereocenters. The second-order valence-corrected chi connectivity index (χ2v) is 11.4. The van der Waals surface area contributed by atoms with Crippen LogP contribution in [0.5, 0.6) is 5.75 Å². The number of para-hydroxylation sites is 1. The number of rotatable bonds is 10. The van der Waals surface area contributed by atoms with E-state index in [9.17, 15) is 13.6 Å². The minimum absolute atomic E-state index is 0.00456. The molecule has 1 aliphatic carbocycles. The lowest BCUT2D eigenvalue weighted by molar-refractivity contribution is -0.117. The Kier molecular flexibility index (Phi) is 7.58. The fourth-order valence-corrected chi connectivity index (χ4v) is 5.84. The van der Waals surface area contributed by atoms with Gasteiger partial charge in [-0.15, -0.1) is 0 Å². The van der Waals surface area contributed by atoms with E-state index in [4.69, 9.17) is 4.74 Å². The molecule has 1 amide bonds. The summed E-state index contributed by atoms with van der Waals surface area (Å²) in [6.45, 7) is 1.99. The van der Waals surface area contributed by atoms with E-state index in [1.54, 1.807) is 31.6 Å². The number of hydrogen-bond acceptors (Lipinski definition) is 8. The molecule has 0 radical (unpaired) electrons. The molecule has 0 unspecified atom stereocenters. The van der Waals surface area contributed by atoms with Gasteiger partial charge in [0, 0.05) is 84.2 Å². The van der Waals surface area contributed by atoms with Crippen molar-refractivity contribution in [3.63, 3.8) is 0 Å². The summed E-state index contributed by atoms with van der Waals surface area (Å²) in [5.41, 5.74) is 3.92. The Morgan fingerprint density at radius 3 is 2.58 bits per heavy atom. The number of alkyl halides is 2. The van der Waals surface area contributed by atoms with Gasteiger partial charge in [-0.1, -0.05) is 24.3 Å². The molecule has 0 spiro atoms. The van der Waals surface area contributed by atoms with Crippen LogP contribution in [-0.4, -0.2) is 62.8 Å². The quantitative estimate of drug-likeness (QED) is 0.200. The molecule has 1 aliphatic heterocycles. The minimum Gasteiger partial charge on any atom is -0.495 e. The number of fused-ring (bicyclic) bond motifs is 1. The van der Waals surface area contributed by atoms with Crippen molar-refractivity contribution in [3.8, 4) is 28.0 Å². The van der Waals surface area contributed by atoms with Gasteiger partial charge < -0.3 is 15.4 Å². The summed E-state index contributed by atoms with van der Waals surface area (Å²) in [5, 5.41) is 12.4. The molecule has 1 aromatic carbocycles. The molecule has 4 aromatic heterocycles. The first-order valence-corrected chi connectivity index (χ1v) is 14.9. The van der Waals surface area contributed by atoms with E-state index in [-0.39, 0.29) is 23.6 Å². The summed E-state index contributed by atoms with van der Waals surface area (Å²) < 4.78 is 34.0.